The van der Waals surface area contributed by atoms with Gasteiger partial charge in [0.25, 0.3) is 0 Å². The predicted octanol–water partition coefficient (Wildman–Crippen LogP) is 8.41. The summed E-state index contributed by atoms with van der Waals surface area (Å²) in [6.45, 7) is 2.28. The minimum Gasteiger partial charge on any atom is -0.508 e. The zero-order valence-corrected chi connectivity index (χ0v) is 17.7. The van der Waals surface area contributed by atoms with Crippen LogP contribution in [0.3, 0.4) is 0 Å². The quantitative estimate of drug-likeness (QED) is 0.328. The first kappa shape index (κ1) is 21.2. The molecule has 0 saturated carbocycles. The van der Waals surface area contributed by atoms with Crippen molar-refractivity contribution >= 4 is 0 Å². The molecule has 1 nitrogen and oxygen atoms in total. The number of rotatable bonds is 11. The zero-order chi connectivity index (χ0) is 20.3. The smallest absolute Gasteiger partial charge is 0.115 e. The Morgan fingerprint density at radius 3 is 1.34 bits per heavy atom. The molecular formula is C28H34O. The molecule has 1 heteroatoms. The van der Waals surface area contributed by atoms with Crippen LogP contribution in [0.4, 0.5) is 0 Å². The minimum absolute atomic E-state index is 0.303. The summed E-state index contributed by atoms with van der Waals surface area (Å²) in [5.41, 5.74) is 6.24. The van der Waals surface area contributed by atoms with Crippen LogP contribution in [0.25, 0.3) is 22.3 Å². The molecule has 0 spiro atoms. The van der Waals surface area contributed by atoms with Crippen molar-refractivity contribution in [3.8, 4) is 28.0 Å². The van der Waals surface area contributed by atoms with E-state index in [9.17, 15) is 5.11 Å². The standard InChI is InChI=1S/C28H34O/c1-2-3-4-5-6-7-8-9-10-23-11-13-24(14-12-23)25-15-17-26(18-16-25)27-19-21-28(29)22-20-27/h11-22,29H,2-10H2,1H3. The predicted molar refractivity (Wildman–Crippen MR) is 125 cm³/mol. The van der Waals surface area contributed by atoms with E-state index in [1.165, 1.54) is 80.0 Å². The summed E-state index contributed by atoms with van der Waals surface area (Å²) in [6, 6.07) is 25.1. The molecule has 0 aliphatic carbocycles. The Morgan fingerprint density at radius 1 is 0.483 bits per heavy atom. The lowest BCUT2D eigenvalue weighted by Gasteiger charge is -2.07. The average Bonchev–Trinajstić information content (AvgIpc) is 2.77. The van der Waals surface area contributed by atoms with E-state index in [1.807, 2.05) is 12.1 Å². The first-order chi connectivity index (χ1) is 14.3. The molecule has 0 unspecified atom stereocenters. The molecule has 0 aliphatic rings. The molecular weight excluding hydrogens is 352 g/mol. The van der Waals surface area contributed by atoms with E-state index in [4.69, 9.17) is 0 Å². The Labute approximate surface area is 176 Å². The molecule has 0 aromatic heterocycles. The largest absolute Gasteiger partial charge is 0.508 e. The Morgan fingerprint density at radius 2 is 0.862 bits per heavy atom. The molecule has 0 saturated heterocycles. The lowest BCUT2D eigenvalue weighted by atomic mass is 9.98. The molecule has 1 N–H and O–H groups in total. The second-order valence-corrected chi connectivity index (χ2v) is 8.05. The summed E-state index contributed by atoms with van der Waals surface area (Å²) in [4.78, 5) is 0. The normalized spacial score (nSPS) is 10.9. The van der Waals surface area contributed by atoms with E-state index in [1.54, 1.807) is 12.1 Å². The van der Waals surface area contributed by atoms with Gasteiger partial charge in [0.2, 0.25) is 0 Å². The number of unbranched alkanes of at least 4 members (excludes halogenated alkanes) is 7. The van der Waals surface area contributed by atoms with Gasteiger partial charge in [0.05, 0.1) is 0 Å². The van der Waals surface area contributed by atoms with E-state index in [0.29, 0.717) is 5.75 Å². The Bertz CT molecular complexity index is 829. The minimum atomic E-state index is 0.303. The second kappa shape index (κ2) is 11.5. The molecule has 3 aromatic rings. The maximum absolute atomic E-state index is 9.44. The molecule has 0 heterocycles. The van der Waals surface area contributed by atoms with Crippen LogP contribution in [-0.2, 0) is 6.42 Å². The van der Waals surface area contributed by atoms with E-state index < -0.39 is 0 Å². The second-order valence-electron chi connectivity index (χ2n) is 8.05. The van der Waals surface area contributed by atoms with Gasteiger partial charge in [0, 0.05) is 0 Å². The van der Waals surface area contributed by atoms with Gasteiger partial charge in [-0.05, 0) is 52.8 Å². The molecule has 29 heavy (non-hydrogen) atoms. The number of phenols is 1. The highest BCUT2D eigenvalue weighted by Gasteiger charge is 2.02. The van der Waals surface area contributed by atoms with Gasteiger partial charge in [-0.25, -0.2) is 0 Å². The topological polar surface area (TPSA) is 20.2 Å². The van der Waals surface area contributed by atoms with Crippen LogP contribution in [-0.4, -0.2) is 5.11 Å². The maximum Gasteiger partial charge on any atom is 0.115 e. The van der Waals surface area contributed by atoms with E-state index in [-0.39, 0.29) is 0 Å². The highest BCUT2D eigenvalue weighted by molar-refractivity contribution is 5.70. The van der Waals surface area contributed by atoms with E-state index in [2.05, 4.69) is 55.5 Å². The summed E-state index contributed by atoms with van der Waals surface area (Å²) in [5, 5.41) is 9.44. The molecule has 3 aromatic carbocycles. The maximum atomic E-state index is 9.44. The number of aryl methyl sites for hydroxylation is 1. The highest BCUT2D eigenvalue weighted by Crippen LogP contribution is 2.26. The van der Waals surface area contributed by atoms with Crippen molar-refractivity contribution in [1.82, 2.24) is 0 Å². The SMILES string of the molecule is CCCCCCCCCCc1ccc(-c2ccc(-c3ccc(O)cc3)cc2)cc1. The highest BCUT2D eigenvalue weighted by atomic mass is 16.3. The summed E-state index contributed by atoms with van der Waals surface area (Å²) in [5.74, 6) is 0.303. The van der Waals surface area contributed by atoms with Crippen LogP contribution in [0.1, 0.15) is 63.9 Å². The Balaban J connectivity index is 1.46. The molecule has 0 atom stereocenters. The first-order valence-electron chi connectivity index (χ1n) is 11.2. The van der Waals surface area contributed by atoms with Crippen molar-refractivity contribution in [2.45, 2.75) is 64.7 Å². The third-order valence-electron chi connectivity index (χ3n) is 5.69. The first-order valence-corrected chi connectivity index (χ1v) is 11.2. The monoisotopic (exact) mass is 386 g/mol. The number of aromatic hydroxyl groups is 1. The van der Waals surface area contributed by atoms with Gasteiger partial charge in [-0.2, -0.15) is 0 Å². The number of hydrogen-bond donors (Lipinski definition) is 1. The average molecular weight is 387 g/mol. The van der Waals surface area contributed by atoms with E-state index >= 15 is 0 Å². The third kappa shape index (κ3) is 6.78. The summed E-state index contributed by atoms with van der Waals surface area (Å²) in [6.07, 6.45) is 12.2. The summed E-state index contributed by atoms with van der Waals surface area (Å²) < 4.78 is 0. The van der Waals surface area contributed by atoms with E-state index in [0.717, 1.165) is 5.56 Å². The summed E-state index contributed by atoms with van der Waals surface area (Å²) >= 11 is 0. The van der Waals surface area contributed by atoms with Gasteiger partial charge >= 0.3 is 0 Å². The van der Waals surface area contributed by atoms with Gasteiger partial charge < -0.3 is 5.11 Å². The molecule has 0 amide bonds. The van der Waals surface area contributed by atoms with Crippen molar-refractivity contribution in [2.24, 2.45) is 0 Å². The fraction of sp³-hybridized carbons (Fsp3) is 0.357. The molecule has 0 radical (unpaired) electrons. The van der Waals surface area contributed by atoms with Gasteiger partial charge in [0.15, 0.2) is 0 Å². The lowest BCUT2D eigenvalue weighted by molar-refractivity contribution is 0.475. The number of hydrogen-bond acceptors (Lipinski definition) is 1. The summed E-state index contributed by atoms with van der Waals surface area (Å²) in [7, 11) is 0. The molecule has 3 rings (SSSR count). The van der Waals surface area contributed by atoms with Gasteiger partial charge in [-0.15, -0.1) is 0 Å². The van der Waals surface area contributed by atoms with Crippen LogP contribution in [0, 0.1) is 0 Å². The fourth-order valence-corrected chi connectivity index (χ4v) is 3.84. The van der Waals surface area contributed by atoms with Crippen LogP contribution in [0.15, 0.2) is 72.8 Å². The van der Waals surface area contributed by atoms with Crippen LogP contribution < -0.4 is 0 Å². The molecule has 152 valence electrons. The molecule has 0 fully saturated rings. The lowest BCUT2D eigenvalue weighted by Crippen LogP contribution is -1.87. The van der Waals surface area contributed by atoms with Gasteiger partial charge in [0.1, 0.15) is 5.75 Å². The van der Waals surface area contributed by atoms with Crippen molar-refractivity contribution in [3.63, 3.8) is 0 Å². The van der Waals surface area contributed by atoms with Gasteiger partial charge in [-0.3, -0.25) is 0 Å². The molecule has 0 aliphatic heterocycles. The van der Waals surface area contributed by atoms with Crippen molar-refractivity contribution in [3.05, 3.63) is 78.4 Å². The number of benzene rings is 3. The zero-order valence-electron chi connectivity index (χ0n) is 17.7. The third-order valence-corrected chi connectivity index (χ3v) is 5.69. The van der Waals surface area contributed by atoms with Crippen LogP contribution in [0.2, 0.25) is 0 Å². The van der Waals surface area contributed by atoms with Crippen LogP contribution in [0.5, 0.6) is 5.75 Å². The number of phenolic OH excluding ortho intramolecular Hbond substituents is 1. The van der Waals surface area contributed by atoms with Crippen molar-refractivity contribution in [1.29, 1.82) is 0 Å². The van der Waals surface area contributed by atoms with Crippen LogP contribution >= 0.6 is 0 Å². The van der Waals surface area contributed by atoms with Crippen molar-refractivity contribution < 1.29 is 5.11 Å². The Kier molecular flexibility index (Phi) is 8.37. The Hall–Kier alpha value is -2.54. The van der Waals surface area contributed by atoms with Crippen molar-refractivity contribution in [2.75, 3.05) is 0 Å². The van der Waals surface area contributed by atoms with Gasteiger partial charge in [-0.1, -0.05) is 113 Å². The molecule has 0 bridgehead atoms. The fourth-order valence-electron chi connectivity index (χ4n) is 3.84.